The molecule has 3 atom stereocenters. The fourth-order valence-corrected chi connectivity index (χ4v) is 6.24. The highest BCUT2D eigenvalue weighted by Crippen LogP contribution is 2.47. The summed E-state index contributed by atoms with van der Waals surface area (Å²) in [5.74, 6) is -2.73. The van der Waals surface area contributed by atoms with Crippen molar-refractivity contribution >= 4 is 29.1 Å². The molecular weight excluding hydrogens is 426 g/mol. The zero-order valence-corrected chi connectivity index (χ0v) is 20.0. The van der Waals surface area contributed by atoms with Crippen molar-refractivity contribution in [3.63, 3.8) is 0 Å². The molecular formula is C25H31NO5S. The first kappa shape index (κ1) is 22.8. The van der Waals surface area contributed by atoms with E-state index >= 15 is 0 Å². The summed E-state index contributed by atoms with van der Waals surface area (Å²) < 4.78 is 10.9. The van der Waals surface area contributed by atoms with E-state index in [4.69, 9.17) is 9.47 Å². The molecule has 0 unspecified atom stereocenters. The van der Waals surface area contributed by atoms with Crippen LogP contribution < -0.4 is 5.32 Å². The number of methoxy groups -OCH3 is 1. The second-order valence-electron chi connectivity index (χ2n) is 9.15. The van der Waals surface area contributed by atoms with E-state index in [1.54, 1.807) is 11.3 Å². The first-order chi connectivity index (χ1) is 15.3. The second-order valence-corrected chi connectivity index (χ2v) is 10.5. The molecule has 1 aliphatic heterocycles. The Morgan fingerprint density at radius 3 is 2.47 bits per heavy atom. The normalized spacial score (nSPS) is 26.5. The molecule has 1 aromatic rings. The van der Waals surface area contributed by atoms with Crippen LogP contribution >= 0.6 is 11.3 Å². The van der Waals surface area contributed by atoms with E-state index in [0.717, 1.165) is 46.8 Å². The molecule has 4 rings (SSSR count). The van der Waals surface area contributed by atoms with Crippen molar-refractivity contribution in [2.24, 2.45) is 11.8 Å². The number of thiophene rings is 1. The fraction of sp³-hybridized carbons (Fsp3) is 0.560. The van der Waals surface area contributed by atoms with Crippen molar-refractivity contribution in [2.75, 3.05) is 7.11 Å². The van der Waals surface area contributed by atoms with Crippen LogP contribution in [0.25, 0.3) is 0 Å². The third-order valence-corrected chi connectivity index (χ3v) is 7.90. The number of aryl methyl sites for hydroxylation is 1. The van der Waals surface area contributed by atoms with Crippen molar-refractivity contribution in [2.45, 2.75) is 71.3 Å². The molecule has 172 valence electrons. The summed E-state index contributed by atoms with van der Waals surface area (Å²) in [5.41, 5.74) is 2.49. The summed E-state index contributed by atoms with van der Waals surface area (Å²) in [4.78, 5) is 41.6. The highest BCUT2D eigenvalue weighted by Gasteiger charge is 2.47. The lowest BCUT2D eigenvalue weighted by Gasteiger charge is -2.38. The van der Waals surface area contributed by atoms with Crippen LogP contribution in [0.1, 0.15) is 68.0 Å². The maximum Gasteiger partial charge on any atom is 0.337 e. The number of esters is 2. The number of carbonyl (C=O) groups is 3. The number of hydrogen-bond acceptors (Lipinski definition) is 7. The van der Waals surface area contributed by atoms with Gasteiger partial charge >= 0.3 is 11.9 Å². The standard InChI is InChI=1S/C25H31NO5S/c1-13-12-17-21(23(27)19(13)24(28)30-4)22(18-11-10-14(2)32-18)20(15(3)26-17)25(29)31-16-8-6-5-7-9-16/h10-11,13,16,19,22,26H,5-9,12H2,1-4H3/t13-,19-,22-/m0/s1. The Bertz CT molecular complexity index is 998. The number of ether oxygens (including phenoxy) is 2. The van der Waals surface area contributed by atoms with Gasteiger partial charge in [-0.05, 0) is 64.0 Å². The molecule has 2 aliphatic carbocycles. The molecule has 1 fully saturated rings. The van der Waals surface area contributed by atoms with Gasteiger partial charge < -0.3 is 14.8 Å². The van der Waals surface area contributed by atoms with Gasteiger partial charge in [0.15, 0.2) is 5.78 Å². The summed E-state index contributed by atoms with van der Waals surface area (Å²) in [5, 5.41) is 3.32. The monoisotopic (exact) mass is 457 g/mol. The fourth-order valence-electron chi connectivity index (χ4n) is 5.24. The van der Waals surface area contributed by atoms with Crippen LogP contribution in [0, 0.1) is 18.8 Å². The summed E-state index contributed by atoms with van der Waals surface area (Å²) >= 11 is 1.57. The maximum absolute atomic E-state index is 13.7. The molecule has 32 heavy (non-hydrogen) atoms. The van der Waals surface area contributed by atoms with Crippen LogP contribution in [0.5, 0.6) is 0 Å². The van der Waals surface area contributed by atoms with E-state index in [9.17, 15) is 14.4 Å². The molecule has 0 spiro atoms. The van der Waals surface area contributed by atoms with Crippen LogP contribution in [0.3, 0.4) is 0 Å². The summed E-state index contributed by atoms with van der Waals surface area (Å²) in [6.07, 6.45) is 5.52. The highest BCUT2D eigenvalue weighted by molar-refractivity contribution is 7.12. The van der Waals surface area contributed by atoms with Crippen LogP contribution in [-0.2, 0) is 23.9 Å². The van der Waals surface area contributed by atoms with Gasteiger partial charge in [0.2, 0.25) is 0 Å². The molecule has 6 nitrogen and oxygen atoms in total. The Kier molecular flexibility index (Phi) is 6.56. The number of rotatable bonds is 4. The van der Waals surface area contributed by atoms with E-state index in [1.807, 2.05) is 32.9 Å². The molecule has 1 N–H and O–H groups in total. The van der Waals surface area contributed by atoms with Crippen LogP contribution in [0.4, 0.5) is 0 Å². The topological polar surface area (TPSA) is 81.7 Å². The lowest BCUT2D eigenvalue weighted by atomic mass is 9.70. The molecule has 1 aromatic heterocycles. The van der Waals surface area contributed by atoms with E-state index in [-0.39, 0.29) is 23.8 Å². The number of ketones is 1. The van der Waals surface area contributed by atoms with Gasteiger partial charge in [-0.3, -0.25) is 9.59 Å². The van der Waals surface area contributed by atoms with Gasteiger partial charge in [0.25, 0.3) is 0 Å². The van der Waals surface area contributed by atoms with E-state index in [0.29, 0.717) is 17.6 Å². The van der Waals surface area contributed by atoms with Gasteiger partial charge in [-0.15, -0.1) is 11.3 Å². The summed E-state index contributed by atoms with van der Waals surface area (Å²) in [7, 11) is 1.31. The molecule has 7 heteroatoms. The summed E-state index contributed by atoms with van der Waals surface area (Å²) in [6, 6.07) is 3.97. The Labute approximate surface area is 193 Å². The third-order valence-electron chi connectivity index (χ3n) is 6.83. The molecule has 0 aromatic carbocycles. The van der Waals surface area contributed by atoms with Crippen LogP contribution in [0.15, 0.2) is 34.7 Å². The third kappa shape index (κ3) is 4.15. The number of Topliss-reactive ketones (excluding diaryl/α,β-unsaturated/α-hetero) is 1. The molecule has 0 bridgehead atoms. The van der Waals surface area contributed by atoms with Gasteiger partial charge in [-0.1, -0.05) is 13.3 Å². The van der Waals surface area contributed by atoms with Crippen molar-refractivity contribution in [1.29, 1.82) is 0 Å². The van der Waals surface area contributed by atoms with E-state index in [1.165, 1.54) is 13.5 Å². The van der Waals surface area contributed by atoms with Gasteiger partial charge in [0, 0.05) is 26.7 Å². The predicted molar refractivity (Wildman–Crippen MR) is 122 cm³/mol. The van der Waals surface area contributed by atoms with E-state index in [2.05, 4.69) is 5.32 Å². The second kappa shape index (κ2) is 9.22. The number of allylic oxidation sites excluding steroid dienone is 3. The van der Waals surface area contributed by atoms with Crippen LogP contribution in [-0.4, -0.2) is 30.9 Å². The van der Waals surface area contributed by atoms with Gasteiger partial charge in [0.05, 0.1) is 18.6 Å². The minimum absolute atomic E-state index is 0.0810. The molecule has 1 saturated carbocycles. The average Bonchev–Trinajstić information content (AvgIpc) is 3.19. The smallest absolute Gasteiger partial charge is 0.337 e. The minimum Gasteiger partial charge on any atom is -0.468 e. The first-order valence-corrected chi connectivity index (χ1v) is 12.2. The Balaban J connectivity index is 1.75. The van der Waals surface area contributed by atoms with Crippen molar-refractivity contribution in [1.82, 2.24) is 5.32 Å². The molecule has 0 saturated heterocycles. The lowest BCUT2D eigenvalue weighted by molar-refractivity contribution is -0.151. The van der Waals surface area contributed by atoms with Gasteiger partial charge in [-0.25, -0.2) is 4.79 Å². The van der Waals surface area contributed by atoms with Crippen molar-refractivity contribution in [3.05, 3.63) is 44.4 Å². The van der Waals surface area contributed by atoms with Crippen molar-refractivity contribution < 1.29 is 23.9 Å². The highest BCUT2D eigenvalue weighted by atomic mass is 32.1. The van der Waals surface area contributed by atoms with Crippen molar-refractivity contribution in [3.8, 4) is 0 Å². The quantitative estimate of drug-likeness (QED) is 0.528. The average molecular weight is 458 g/mol. The molecule has 0 radical (unpaired) electrons. The largest absolute Gasteiger partial charge is 0.468 e. The number of hydrogen-bond donors (Lipinski definition) is 1. The molecule has 3 aliphatic rings. The minimum atomic E-state index is -0.863. The SMILES string of the molecule is COC(=O)[C@@H]1C(=O)C2=C(C[C@@H]1C)NC(C)=C(C(=O)OC1CCCCC1)[C@@H]2c1ccc(C)s1. The Morgan fingerprint density at radius 1 is 1.12 bits per heavy atom. The zero-order valence-electron chi connectivity index (χ0n) is 19.2. The number of nitrogens with one attached hydrogen (secondary N) is 1. The van der Waals surface area contributed by atoms with Gasteiger partial charge in [-0.2, -0.15) is 0 Å². The zero-order chi connectivity index (χ0) is 23.0. The number of carbonyl (C=O) groups excluding carboxylic acids is 3. The maximum atomic E-state index is 13.7. The number of dihydropyridines is 1. The lowest BCUT2D eigenvalue weighted by Crippen LogP contribution is -2.43. The van der Waals surface area contributed by atoms with E-state index < -0.39 is 17.8 Å². The van der Waals surface area contributed by atoms with Gasteiger partial charge in [0.1, 0.15) is 12.0 Å². The molecule has 2 heterocycles. The predicted octanol–water partition coefficient (Wildman–Crippen LogP) is 4.55. The first-order valence-electron chi connectivity index (χ1n) is 11.4. The summed E-state index contributed by atoms with van der Waals surface area (Å²) in [6.45, 7) is 5.76. The Morgan fingerprint density at radius 2 is 1.84 bits per heavy atom. The Hall–Kier alpha value is -2.41. The van der Waals surface area contributed by atoms with Crippen LogP contribution in [0.2, 0.25) is 0 Å². The molecule has 0 amide bonds.